The van der Waals surface area contributed by atoms with E-state index in [1.165, 1.54) is 0 Å². The van der Waals surface area contributed by atoms with Gasteiger partial charge in [-0.3, -0.25) is 0 Å². The van der Waals surface area contributed by atoms with Crippen molar-refractivity contribution in [3.05, 3.63) is 10.7 Å². The van der Waals surface area contributed by atoms with E-state index in [0.29, 0.717) is 11.8 Å². The van der Waals surface area contributed by atoms with Crippen molar-refractivity contribution >= 4 is 23.4 Å². The Hall–Kier alpha value is -1.54. The third kappa shape index (κ3) is 3.75. The third-order valence-corrected chi connectivity index (χ3v) is 2.09. The maximum Gasteiger partial charge on any atom is 0.226 e. The first-order valence-corrected chi connectivity index (χ1v) is 5.82. The number of halogens is 1. The molecule has 17 heavy (non-hydrogen) atoms. The van der Waals surface area contributed by atoms with Gasteiger partial charge in [-0.25, -0.2) is 0 Å². The standard InChI is InChI=1S/C11H16ClN5/c1-6(2)14-10-8(5-13)9(12)16-11(17-10)15-7(3)4/h6-7H,1-4H3,(H2,14,15,16,17). The number of nitrogens with one attached hydrogen (secondary N) is 2. The maximum atomic E-state index is 9.01. The molecule has 92 valence electrons. The first-order valence-electron chi connectivity index (χ1n) is 5.44. The van der Waals surface area contributed by atoms with Gasteiger partial charge in [0, 0.05) is 12.1 Å². The van der Waals surface area contributed by atoms with Crippen LogP contribution >= 0.6 is 11.6 Å². The minimum absolute atomic E-state index is 0.161. The van der Waals surface area contributed by atoms with Crippen LogP contribution in [-0.4, -0.2) is 22.1 Å². The van der Waals surface area contributed by atoms with E-state index in [9.17, 15) is 0 Å². The summed E-state index contributed by atoms with van der Waals surface area (Å²) in [6.07, 6.45) is 0. The molecular weight excluding hydrogens is 238 g/mol. The van der Waals surface area contributed by atoms with E-state index in [2.05, 4.69) is 20.6 Å². The predicted molar refractivity (Wildman–Crippen MR) is 69.3 cm³/mol. The van der Waals surface area contributed by atoms with Gasteiger partial charge in [0.25, 0.3) is 0 Å². The fraction of sp³-hybridized carbons (Fsp3) is 0.545. The van der Waals surface area contributed by atoms with Crippen LogP contribution in [0.25, 0.3) is 0 Å². The maximum absolute atomic E-state index is 9.01. The average Bonchev–Trinajstić information content (AvgIpc) is 2.14. The topological polar surface area (TPSA) is 73.6 Å². The Bertz CT molecular complexity index is 436. The Morgan fingerprint density at radius 2 is 1.71 bits per heavy atom. The van der Waals surface area contributed by atoms with E-state index in [0.717, 1.165) is 0 Å². The fourth-order valence-corrected chi connectivity index (χ4v) is 1.44. The van der Waals surface area contributed by atoms with Gasteiger partial charge < -0.3 is 10.6 Å². The van der Waals surface area contributed by atoms with Gasteiger partial charge in [-0.1, -0.05) is 11.6 Å². The first-order chi connectivity index (χ1) is 7.93. The van der Waals surface area contributed by atoms with E-state index in [-0.39, 0.29) is 22.8 Å². The lowest BCUT2D eigenvalue weighted by Gasteiger charge is -2.14. The molecule has 2 N–H and O–H groups in total. The first kappa shape index (κ1) is 13.5. The number of hydrogen-bond donors (Lipinski definition) is 2. The van der Waals surface area contributed by atoms with Gasteiger partial charge in [-0.2, -0.15) is 15.2 Å². The van der Waals surface area contributed by atoms with Crippen LogP contribution in [0, 0.1) is 11.3 Å². The molecule has 0 unspecified atom stereocenters. The van der Waals surface area contributed by atoms with Crippen molar-refractivity contribution in [3.63, 3.8) is 0 Å². The van der Waals surface area contributed by atoms with E-state index in [1.54, 1.807) is 0 Å². The zero-order valence-electron chi connectivity index (χ0n) is 10.4. The Morgan fingerprint density at radius 1 is 1.12 bits per heavy atom. The Kier molecular flexibility index (Phi) is 4.53. The van der Waals surface area contributed by atoms with Crippen LogP contribution in [0.1, 0.15) is 33.3 Å². The summed E-state index contributed by atoms with van der Waals surface area (Å²) in [5.74, 6) is 0.887. The van der Waals surface area contributed by atoms with Gasteiger partial charge in [0.1, 0.15) is 11.6 Å². The second-order valence-electron chi connectivity index (χ2n) is 4.27. The van der Waals surface area contributed by atoms with Crippen molar-refractivity contribution in [2.24, 2.45) is 0 Å². The molecule has 5 nitrogen and oxygen atoms in total. The summed E-state index contributed by atoms with van der Waals surface area (Å²) >= 11 is 5.95. The lowest BCUT2D eigenvalue weighted by molar-refractivity contribution is 0.860. The smallest absolute Gasteiger partial charge is 0.226 e. The number of nitrogens with zero attached hydrogens (tertiary/aromatic N) is 3. The van der Waals surface area contributed by atoms with Gasteiger partial charge in [0.2, 0.25) is 5.95 Å². The highest BCUT2D eigenvalue weighted by atomic mass is 35.5. The zero-order chi connectivity index (χ0) is 13.0. The minimum Gasteiger partial charge on any atom is -0.367 e. The molecule has 0 bridgehead atoms. The molecule has 0 saturated carbocycles. The SMILES string of the molecule is CC(C)Nc1nc(Cl)c(C#N)c(NC(C)C)n1. The van der Waals surface area contributed by atoms with Crippen molar-refractivity contribution in [1.29, 1.82) is 5.26 Å². The summed E-state index contributed by atoms with van der Waals surface area (Å²) in [6.45, 7) is 7.88. The molecule has 1 rings (SSSR count). The molecule has 1 aromatic heterocycles. The summed E-state index contributed by atoms with van der Waals surface area (Å²) < 4.78 is 0. The number of nitriles is 1. The van der Waals surface area contributed by atoms with Gasteiger partial charge >= 0.3 is 0 Å². The summed E-state index contributed by atoms with van der Waals surface area (Å²) in [5.41, 5.74) is 0.273. The van der Waals surface area contributed by atoms with Gasteiger partial charge in [0.05, 0.1) is 0 Å². The number of rotatable bonds is 4. The molecule has 0 aliphatic rings. The molecule has 0 aliphatic heterocycles. The van der Waals surface area contributed by atoms with Gasteiger partial charge in [0.15, 0.2) is 11.0 Å². The van der Waals surface area contributed by atoms with Crippen molar-refractivity contribution in [2.45, 2.75) is 39.8 Å². The van der Waals surface area contributed by atoms with E-state index >= 15 is 0 Å². The second kappa shape index (κ2) is 5.69. The average molecular weight is 254 g/mol. The van der Waals surface area contributed by atoms with Crippen LogP contribution < -0.4 is 10.6 Å². The molecule has 0 saturated heterocycles. The van der Waals surface area contributed by atoms with Crippen molar-refractivity contribution in [3.8, 4) is 6.07 Å². The molecule has 0 radical (unpaired) electrons. The van der Waals surface area contributed by atoms with E-state index < -0.39 is 0 Å². The molecular formula is C11H16ClN5. The molecule has 6 heteroatoms. The molecule has 0 aromatic carbocycles. The van der Waals surface area contributed by atoms with Crippen molar-refractivity contribution in [2.75, 3.05) is 10.6 Å². The van der Waals surface area contributed by atoms with Crippen molar-refractivity contribution < 1.29 is 0 Å². The molecule has 0 atom stereocenters. The quantitative estimate of drug-likeness (QED) is 0.807. The number of hydrogen-bond acceptors (Lipinski definition) is 5. The summed E-state index contributed by atoms with van der Waals surface area (Å²) in [4.78, 5) is 8.28. The highest BCUT2D eigenvalue weighted by molar-refractivity contribution is 6.31. The fourth-order valence-electron chi connectivity index (χ4n) is 1.23. The van der Waals surface area contributed by atoms with Crippen molar-refractivity contribution in [1.82, 2.24) is 9.97 Å². The van der Waals surface area contributed by atoms with E-state index in [4.69, 9.17) is 16.9 Å². The lowest BCUT2D eigenvalue weighted by atomic mass is 10.3. The number of anilines is 2. The normalized spacial score (nSPS) is 10.5. The Morgan fingerprint density at radius 3 is 2.18 bits per heavy atom. The Balaban J connectivity index is 3.15. The van der Waals surface area contributed by atoms with Crippen LogP contribution in [0.15, 0.2) is 0 Å². The Labute approximate surface area is 106 Å². The van der Waals surface area contributed by atoms with Crippen LogP contribution in [0.2, 0.25) is 5.15 Å². The highest BCUT2D eigenvalue weighted by Gasteiger charge is 2.13. The second-order valence-corrected chi connectivity index (χ2v) is 4.63. The third-order valence-electron chi connectivity index (χ3n) is 1.82. The molecule has 0 aliphatic carbocycles. The number of aromatic nitrogens is 2. The largest absolute Gasteiger partial charge is 0.367 e. The lowest BCUT2D eigenvalue weighted by Crippen LogP contribution is -2.17. The van der Waals surface area contributed by atoms with Crippen LogP contribution in [0.5, 0.6) is 0 Å². The summed E-state index contributed by atoms with van der Waals surface area (Å²) in [6, 6.07) is 2.37. The van der Waals surface area contributed by atoms with Crippen LogP contribution in [0.3, 0.4) is 0 Å². The molecule has 0 spiro atoms. The molecule has 1 heterocycles. The van der Waals surface area contributed by atoms with Gasteiger partial charge in [-0.15, -0.1) is 0 Å². The van der Waals surface area contributed by atoms with Gasteiger partial charge in [-0.05, 0) is 27.7 Å². The summed E-state index contributed by atoms with van der Waals surface area (Å²) in [7, 11) is 0. The molecule has 0 amide bonds. The minimum atomic E-state index is 0.161. The van der Waals surface area contributed by atoms with Crippen LogP contribution in [0.4, 0.5) is 11.8 Å². The van der Waals surface area contributed by atoms with Crippen LogP contribution in [-0.2, 0) is 0 Å². The van der Waals surface area contributed by atoms with E-state index in [1.807, 2.05) is 33.8 Å². The highest BCUT2D eigenvalue weighted by Crippen LogP contribution is 2.22. The predicted octanol–water partition coefficient (Wildman–Crippen LogP) is 2.64. The summed E-state index contributed by atoms with van der Waals surface area (Å²) in [5, 5.41) is 15.3. The molecule has 1 aromatic rings. The molecule has 0 fully saturated rings. The monoisotopic (exact) mass is 253 g/mol. The zero-order valence-corrected chi connectivity index (χ0v) is 11.1.